The Labute approximate surface area is 140 Å². The minimum Gasteiger partial charge on any atom is -0.497 e. The molecule has 0 saturated carbocycles. The summed E-state index contributed by atoms with van der Waals surface area (Å²) in [4.78, 5) is 20.1. The van der Waals surface area contributed by atoms with Crippen molar-refractivity contribution in [2.75, 3.05) is 7.11 Å². The Hall–Kier alpha value is -2.87. The van der Waals surface area contributed by atoms with Gasteiger partial charge in [0.05, 0.1) is 29.4 Å². The van der Waals surface area contributed by atoms with E-state index in [0.717, 1.165) is 16.8 Å². The summed E-state index contributed by atoms with van der Waals surface area (Å²) in [7, 11) is 1.62. The molecule has 2 aromatic heterocycles. The van der Waals surface area contributed by atoms with Gasteiger partial charge in [-0.05, 0) is 24.3 Å². The molecule has 0 atom stereocenters. The number of rotatable bonds is 4. The number of methoxy groups -OCH3 is 1. The number of thioether (sulfide) groups is 1. The van der Waals surface area contributed by atoms with Crippen molar-refractivity contribution >= 4 is 33.7 Å². The van der Waals surface area contributed by atoms with E-state index in [-0.39, 0.29) is 5.56 Å². The normalized spacial score (nSPS) is 11.2. The average molecular weight is 339 g/mol. The lowest BCUT2D eigenvalue weighted by Gasteiger charge is -2.02. The van der Waals surface area contributed by atoms with Crippen LogP contribution in [0.3, 0.4) is 0 Å². The van der Waals surface area contributed by atoms with Crippen molar-refractivity contribution in [2.45, 2.75) is 11.0 Å². The fourth-order valence-corrected chi connectivity index (χ4v) is 3.15. The SMILES string of the molecule is COc1ccc2nc(SCn3nnc4ccccc4c3=O)[nH]c2c1. The van der Waals surface area contributed by atoms with Crippen LogP contribution >= 0.6 is 11.8 Å². The summed E-state index contributed by atoms with van der Waals surface area (Å²) in [6.07, 6.45) is 0. The van der Waals surface area contributed by atoms with Gasteiger partial charge in [-0.3, -0.25) is 4.79 Å². The van der Waals surface area contributed by atoms with Gasteiger partial charge in [0.2, 0.25) is 0 Å². The number of ether oxygens (including phenoxy) is 1. The van der Waals surface area contributed by atoms with Crippen LogP contribution in [0.15, 0.2) is 52.4 Å². The van der Waals surface area contributed by atoms with Gasteiger partial charge in [0.15, 0.2) is 5.16 Å². The summed E-state index contributed by atoms with van der Waals surface area (Å²) in [6.45, 7) is 0. The van der Waals surface area contributed by atoms with Crippen molar-refractivity contribution in [1.29, 1.82) is 0 Å². The first-order valence-electron chi connectivity index (χ1n) is 7.24. The summed E-state index contributed by atoms with van der Waals surface area (Å²) < 4.78 is 6.53. The zero-order chi connectivity index (χ0) is 16.5. The number of hydrogen-bond acceptors (Lipinski definition) is 6. The fraction of sp³-hybridized carbons (Fsp3) is 0.125. The number of aromatic nitrogens is 5. The van der Waals surface area contributed by atoms with Crippen molar-refractivity contribution in [2.24, 2.45) is 0 Å². The second-order valence-corrected chi connectivity index (χ2v) is 6.04. The number of H-pyrrole nitrogens is 1. The molecule has 0 amide bonds. The highest BCUT2D eigenvalue weighted by atomic mass is 32.2. The molecule has 0 aliphatic heterocycles. The van der Waals surface area contributed by atoms with E-state index in [1.165, 1.54) is 16.4 Å². The van der Waals surface area contributed by atoms with Crippen LogP contribution in [0.25, 0.3) is 21.9 Å². The molecule has 0 aliphatic carbocycles. The first kappa shape index (κ1) is 14.7. The first-order chi connectivity index (χ1) is 11.7. The molecule has 0 spiro atoms. The van der Waals surface area contributed by atoms with Crippen molar-refractivity contribution in [3.8, 4) is 5.75 Å². The number of nitrogens with zero attached hydrogens (tertiary/aromatic N) is 4. The molecule has 120 valence electrons. The summed E-state index contributed by atoms with van der Waals surface area (Å²) >= 11 is 1.39. The van der Waals surface area contributed by atoms with Crippen molar-refractivity contribution in [3.63, 3.8) is 0 Å². The maximum atomic E-state index is 12.4. The summed E-state index contributed by atoms with van der Waals surface area (Å²) in [6, 6.07) is 12.8. The zero-order valence-electron chi connectivity index (χ0n) is 12.8. The lowest BCUT2D eigenvalue weighted by Crippen LogP contribution is -2.23. The van der Waals surface area contributed by atoms with E-state index in [9.17, 15) is 4.79 Å². The largest absolute Gasteiger partial charge is 0.497 e. The van der Waals surface area contributed by atoms with Gasteiger partial charge < -0.3 is 9.72 Å². The number of imidazole rings is 1. The van der Waals surface area contributed by atoms with Gasteiger partial charge in [-0.2, -0.15) is 4.68 Å². The predicted molar refractivity (Wildman–Crippen MR) is 92.3 cm³/mol. The van der Waals surface area contributed by atoms with E-state index >= 15 is 0 Å². The van der Waals surface area contributed by atoms with E-state index < -0.39 is 0 Å². The molecule has 4 aromatic rings. The third-order valence-electron chi connectivity index (χ3n) is 3.62. The summed E-state index contributed by atoms with van der Waals surface area (Å²) in [5.41, 5.74) is 2.16. The molecule has 1 N–H and O–H groups in total. The van der Waals surface area contributed by atoms with E-state index in [1.54, 1.807) is 19.2 Å². The van der Waals surface area contributed by atoms with Crippen LogP contribution in [0.4, 0.5) is 0 Å². The second-order valence-electron chi connectivity index (χ2n) is 5.11. The zero-order valence-corrected chi connectivity index (χ0v) is 13.6. The number of nitrogens with one attached hydrogen (secondary N) is 1. The minimum atomic E-state index is -0.161. The molecule has 0 aliphatic rings. The van der Waals surface area contributed by atoms with E-state index in [2.05, 4.69) is 20.3 Å². The molecule has 2 aromatic carbocycles. The van der Waals surface area contributed by atoms with Gasteiger partial charge in [-0.25, -0.2) is 4.98 Å². The number of fused-ring (bicyclic) bond motifs is 2. The molecule has 0 bridgehead atoms. The molecule has 8 heteroatoms. The lowest BCUT2D eigenvalue weighted by atomic mass is 10.2. The highest BCUT2D eigenvalue weighted by molar-refractivity contribution is 7.98. The van der Waals surface area contributed by atoms with Crippen LogP contribution in [0, 0.1) is 0 Å². The van der Waals surface area contributed by atoms with E-state index in [4.69, 9.17) is 4.74 Å². The molecule has 4 rings (SSSR count). The highest BCUT2D eigenvalue weighted by Crippen LogP contribution is 2.23. The Balaban J connectivity index is 1.61. The quantitative estimate of drug-likeness (QED) is 0.575. The van der Waals surface area contributed by atoms with Gasteiger partial charge in [0.1, 0.15) is 11.3 Å². The second kappa shape index (κ2) is 5.97. The molecule has 0 unspecified atom stereocenters. The predicted octanol–water partition coefficient (Wildman–Crippen LogP) is 2.43. The van der Waals surface area contributed by atoms with Gasteiger partial charge in [-0.1, -0.05) is 29.1 Å². The number of benzene rings is 2. The van der Waals surface area contributed by atoms with Crippen LogP contribution < -0.4 is 10.3 Å². The Bertz CT molecular complexity index is 1090. The molecule has 0 saturated heterocycles. The molecular formula is C16H13N5O2S. The van der Waals surface area contributed by atoms with Crippen LogP contribution in [0.5, 0.6) is 5.75 Å². The van der Waals surface area contributed by atoms with Crippen molar-refractivity contribution in [1.82, 2.24) is 25.0 Å². The first-order valence-corrected chi connectivity index (χ1v) is 8.22. The molecule has 2 heterocycles. The van der Waals surface area contributed by atoms with E-state index in [1.807, 2.05) is 30.3 Å². The van der Waals surface area contributed by atoms with Crippen LogP contribution in [0.1, 0.15) is 0 Å². The third kappa shape index (κ3) is 2.61. The Morgan fingerprint density at radius 2 is 2.08 bits per heavy atom. The van der Waals surface area contributed by atoms with Gasteiger partial charge in [0, 0.05) is 6.07 Å². The topological polar surface area (TPSA) is 85.7 Å². The monoisotopic (exact) mass is 339 g/mol. The summed E-state index contributed by atoms with van der Waals surface area (Å²) in [5.74, 6) is 1.09. The highest BCUT2D eigenvalue weighted by Gasteiger charge is 2.08. The van der Waals surface area contributed by atoms with Crippen LogP contribution in [0.2, 0.25) is 0 Å². The Morgan fingerprint density at radius 1 is 1.21 bits per heavy atom. The standard InChI is InChI=1S/C16H13N5O2S/c1-23-10-6-7-13-14(8-10)18-16(17-13)24-9-21-15(22)11-4-2-3-5-12(11)19-20-21/h2-8H,9H2,1H3,(H,17,18). The van der Waals surface area contributed by atoms with Gasteiger partial charge in [0.25, 0.3) is 5.56 Å². The van der Waals surface area contributed by atoms with Crippen molar-refractivity contribution in [3.05, 3.63) is 52.8 Å². The van der Waals surface area contributed by atoms with Gasteiger partial charge in [-0.15, -0.1) is 5.10 Å². The Morgan fingerprint density at radius 3 is 2.96 bits per heavy atom. The molecule has 0 radical (unpaired) electrons. The molecular weight excluding hydrogens is 326 g/mol. The number of aromatic amines is 1. The Kier molecular flexibility index (Phi) is 3.66. The molecule has 0 fully saturated rings. The van der Waals surface area contributed by atoms with Gasteiger partial charge >= 0.3 is 0 Å². The lowest BCUT2D eigenvalue weighted by molar-refractivity contribution is 0.415. The smallest absolute Gasteiger partial charge is 0.278 e. The van der Waals surface area contributed by atoms with E-state index in [0.29, 0.717) is 21.9 Å². The average Bonchev–Trinajstić information content (AvgIpc) is 3.03. The number of hydrogen-bond donors (Lipinski definition) is 1. The molecule has 7 nitrogen and oxygen atoms in total. The third-order valence-corrected chi connectivity index (χ3v) is 4.46. The fourth-order valence-electron chi connectivity index (χ4n) is 2.39. The minimum absolute atomic E-state index is 0.161. The maximum absolute atomic E-state index is 12.4. The van der Waals surface area contributed by atoms with Crippen LogP contribution in [-0.2, 0) is 5.88 Å². The van der Waals surface area contributed by atoms with Crippen molar-refractivity contribution < 1.29 is 4.74 Å². The molecule has 24 heavy (non-hydrogen) atoms. The maximum Gasteiger partial charge on any atom is 0.278 e. The summed E-state index contributed by atoms with van der Waals surface area (Å²) in [5, 5.41) is 9.31. The van der Waals surface area contributed by atoms with Crippen LogP contribution in [-0.4, -0.2) is 32.1 Å².